The van der Waals surface area contributed by atoms with Crippen molar-refractivity contribution in [2.24, 2.45) is 0 Å². The minimum Gasteiger partial charge on any atom is -0.349 e. The van der Waals surface area contributed by atoms with Crippen LogP contribution < -0.4 is 9.80 Å². The Hall–Kier alpha value is -2.50. The zero-order chi connectivity index (χ0) is 13.9. The van der Waals surface area contributed by atoms with Crippen molar-refractivity contribution < 1.29 is 4.79 Å². The van der Waals surface area contributed by atoms with Gasteiger partial charge in [-0.05, 0) is 12.1 Å². The van der Waals surface area contributed by atoms with Gasteiger partial charge in [-0.1, -0.05) is 0 Å². The van der Waals surface area contributed by atoms with Crippen molar-refractivity contribution in [3.05, 3.63) is 36.9 Å². The molecule has 0 aromatic carbocycles. The van der Waals surface area contributed by atoms with Crippen LogP contribution in [0.2, 0.25) is 0 Å². The van der Waals surface area contributed by atoms with Crippen LogP contribution in [0.1, 0.15) is 6.42 Å². The van der Waals surface area contributed by atoms with Crippen molar-refractivity contribution >= 4 is 23.1 Å². The number of aromatic nitrogens is 3. The van der Waals surface area contributed by atoms with E-state index in [2.05, 4.69) is 15.0 Å². The van der Waals surface area contributed by atoms with Crippen LogP contribution >= 0.6 is 0 Å². The van der Waals surface area contributed by atoms with Gasteiger partial charge in [-0.2, -0.15) is 0 Å². The number of anilines is 3. The first-order valence-corrected chi connectivity index (χ1v) is 6.46. The van der Waals surface area contributed by atoms with E-state index in [1.165, 1.54) is 6.33 Å². The molecule has 102 valence electrons. The standard InChI is InChI=1S/C14H15N5O/c1-18(11-3-2-5-15-8-11)13-7-14(17-10-16-13)19-6-4-12(20)9-19/h2-3,5,7-8,10H,4,6,9H2,1H3. The highest BCUT2D eigenvalue weighted by Crippen LogP contribution is 2.24. The van der Waals surface area contributed by atoms with Gasteiger partial charge in [0.15, 0.2) is 5.78 Å². The van der Waals surface area contributed by atoms with Crippen LogP contribution in [-0.4, -0.2) is 40.9 Å². The zero-order valence-corrected chi connectivity index (χ0v) is 11.2. The molecule has 0 radical (unpaired) electrons. The molecular weight excluding hydrogens is 254 g/mol. The molecule has 2 aromatic heterocycles. The van der Waals surface area contributed by atoms with Crippen molar-refractivity contribution in [1.82, 2.24) is 15.0 Å². The second kappa shape index (κ2) is 5.24. The molecule has 3 heterocycles. The third kappa shape index (κ3) is 2.45. The van der Waals surface area contributed by atoms with Crippen LogP contribution in [0.4, 0.5) is 17.3 Å². The zero-order valence-electron chi connectivity index (χ0n) is 11.2. The largest absolute Gasteiger partial charge is 0.349 e. The van der Waals surface area contributed by atoms with E-state index in [1.54, 1.807) is 12.4 Å². The van der Waals surface area contributed by atoms with E-state index >= 15 is 0 Å². The van der Waals surface area contributed by atoms with Gasteiger partial charge in [0.25, 0.3) is 0 Å². The molecule has 3 rings (SSSR count). The Bertz CT molecular complexity index is 616. The quantitative estimate of drug-likeness (QED) is 0.839. The van der Waals surface area contributed by atoms with E-state index in [9.17, 15) is 4.79 Å². The third-order valence-electron chi connectivity index (χ3n) is 3.37. The molecule has 0 unspecified atom stereocenters. The molecular formula is C14H15N5O. The lowest BCUT2D eigenvalue weighted by molar-refractivity contribution is -0.116. The van der Waals surface area contributed by atoms with Crippen LogP contribution in [0, 0.1) is 0 Å². The average molecular weight is 269 g/mol. The summed E-state index contributed by atoms with van der Waals surface area (Å²) in [6.07, 6.45) is 5.64. The number of hydrogen-bond donors (Lipinski definition) is 0. The van der Waals surface area contributed by atoms with Gasteiger partial charge in [0, 0.05) is 32.3 Å². The second-order valence-corrected chi connectivity index (χ2v) is 4.71. The Kier molecular flexibility index (Phi) is 3.28. The predicted molar refractivity (Wildman–Crippen MR) is 76.2 cm³/mol. The maximum atomic E-state index is 11.4. The van der Waals surface area contributed by atoms with Gasteiger partial charge in [-0.15, -0.1) is 0 Å². The lowest BCUT2D eigenvalue weighted by atomic mass is 10.3. The molecule has 0 N–H and O–H groups in total. The van der Waals surface area contributed by atoms with E-state index < -0.39 is 0 Å². The second-order valence-electron chi connectivity index (χ2n) is 4.71. The Morgan fingerprint density at radius 3 is 2.95 bits per heavy atom. The van der Waals surface area contributed by atoms with Gasteiger partial charge in [0.2, 0.25) is 0 Å². The van der Waals surface area contributed by atoms with Gasteiger partial charge < -0.3 is 9.80 Å². The molecule has 0 bridgehead atoms. The first kappa shape index (κ1) is 12.5. The molecule has 0 amide bonds. The SMILES string of the molecule is CN(c1cccnc1)c1cc(N2CCC(=O)C2)ncn1. The third-order valence-corrected chi connectivity index (χ3v) is 3.37. The first-order valence-electron chi connectivity index (χ1n) is 6.46. The van der Waals surface area contributed by atoms with Gasteiger partial charge in [-0.25, -0.2) is 9.97 Å². The van der Waals surface area contributed by atoms with Crippen molar-refractivity contribution in [2.45, 2.75) is 6.42 Å². The molecule has 1 fully saturated rings. The molecule has 20 heavy (non-hydrogen) atoms. The highest BCUT2D eigenvalue weighted by molar-refractivity contribution is 5.86. The smallest absolute Gasteiger partial charge is 0.153 e. The fourth-order valence-corrected chi connectivity index (χ4v) is 2.20. The van der Waals surface area contributed by atoms with Crippen molar-refractivity contribution in [3.8, 4) is 0 Å². The van der Waals surface area contributed by atoms with Crippen molar-refractivity contribution in [1.29, 1.82) is 0 Å². The number of rotatable bonds is 3. The molecule has 1 saturated heterocycles. The first-order chi connectivity index (χ1) is 9.74. The van der Waals surface area contributed by atoms with Crippen LogP contribution in [0.25, 0.3) is 0 Å². The van der Waals surface area contributed by atoms with Gasteiger partial charge in [-0.3, -0.25) is 9.78 Å². The minimum absolute atomic E-state index is 0.255. The van der Waals surface area contributed by atoms with E-state index in [0.717, 1.165) is 23.9 Å². The van der Waals surface area contributed by atoms with E-state index in [0.29, 0.717) is 13.0 Å². The molecule has 6 nitrogen and oxygen atoms in total. The molecule has 0 saturated carbocycles. The number of pyridine rings is 1. The maximum absolute atomic E-state index is 11.4. The van der Waals surface area contributed by atoms with Gasteiger partial charge >= 0.3 is 0 Å². The van der Waals surface area contributed by atoms with Crippen LogP contribution in [0.5, 0.6) is 0 Å². The summed E-state index contributed by atoms with van der Waals surface area (Å²) >= 11 is 0. The Morgan fingerprint density at radius 2 is 2.25 bits per heavy atom. The predicted octanol–water partition coefficient (Wildman–Crippen LogP) is 1.42. The topological polar surface area (TPSA) is 62.2 Å². The maximum Gasteiger partial charge on any atom is 0.153 e. The molecule has 0 aliphatic carbocycles. The average Bonchev–Trinajstić information content (AvgIpc) is 2.94. The van der Waals surface area contributed by atoms with Crippen molar-refractivity contribution in [2.75, 3.05) is 29.9 Å². The monoisotopic (exact) mass is 269 g/mol. The summed E-state index contributed by atoms with van der Waals surface area (Å²) in [5.41, 5.74) is 0.953. The summed E-state index contributed by atoms with van der Waals surface area (Å²) in [7, 11) is 1.93. The van der Waals surface area contributed by atoms with Crippen molar-refractivity contribution in [3.63, 3.8) is 0 Å². The Balaban J connectivity index is 1.86. The number of nitrogens with zero attached hydrogens (tertiary/aromatic N) is 5. The molecule has 2 aromatic rings. The van der Waals surface area contributed by atoms with E-state index in [4.69, 9.17) is 0 Å². The van der Waals surface area contributed by atoms with Crippen LogP contribution in [-0.2, 0) is 4.79 Å². The Morgan fingerprint density at radius 1 is 1.35 bits per heavy atom. The van der Waals surface area contributed by atoms with Gasteiger partial charge in [0.1, 0.15) is 18.0 Å². The van der Waals surface area contributed by atoms with Gasteiger partial charge in [0.05, 0.1) is 18.4 Å². The van der Waals surface area contributed by atoms with E-state index in [-0.39, 0.29) is 5.78 Å². The van der Waals surface area contributed by atoms with Crippen LogP contribution in [0.3, 0.4) is 0 Å². The van der Waals surface area contributed by atoms with E-state index in [1.807, 2.05) is 35.0 Å². The lowest BCUT2D eigenvalue weighted by Gasteiger charge is -2.20. The number of carbonyl (C=O) groups excluding carboxylic acids is 1. The van der Waals surface area contributed by atoms with Crippen LogP contribution in [0.15, 0.2) is 36.9 Å². The number of Topliss-reactive ketones (excluding diaryl/α,β-unsaturated/α-hetero) is 1. The highest BCUT2D eigenvalue weighted by Gasteiger charge is 2.21. The minimum atomic E-state index is 0.255. The normalized spacial score (nSPS) is 14.7. The number of hydrogen-bond acceptors (Lipinski definition) is 6. The summed E-state index contributed by atoms with van der Waals surface area (Å²) in [5.74, 6) is 1.82. The summed E-state index contributed by atoms with van der Waals surface area (Å²) in [6, 6.07) is 5.74. The molecule has 1 aliphatic heterocycles. The molecule has 6 heteroatoms. The fourth-order valence-electron chi connectivity index (χ4n) is 2.20. The molecule has 0 atom stereocenters. The number of carbonyl (C=O) groups is 1. The highest BCUT2D eigenvalue weighted by atomic mass is 16.1. The fraction of sp³-hybridized carbons (Fsp3) is 0.286. The Labute approximate surface area is 117 Å². The summed E-state index contributed by atoms with van der Waals surface area (Å²) in [6.45, 7) is 1.17. The summed E-state index contributed by atoms with van der Waals surface area (Å²) in [5, 5.41) is 0. The molecule has 1 aliphatic rings. The molecule has 0 spiro atoms. The summed E-state index contributed by atoms with van der Waals surface area (Å²) < 4.78 is 0. The number of ketones is 1. The lowest BCUT2D eigenvalue weighted by Crippen LogP contribution is -2.21. The summed E-state index contributed by atoms with van der Waals surface area (Å²) in [4.78, 5) is 27.9.